The second kappa shape index (κ2) is 7.92. The van der Waals surface area contributed by atoms with E-state index in [-0.39, 0.29) is 11.3 Å². The van der Waals surface area contributed by atoms with Gasteiger partial charge in [-0.05, 0) is 87.5 Å². The van der Waals surface area contributed by atoms with Gasteiger partial charge in [0.05, 0.1) is 10.7 Å². The molecule has 2 aromatic heterocycles. The monoisotopic (exact) mass is 466 g/mol. The molecular weight excluding hydrogens is 440 g/mol. The molecule has 0 radical (unpaired) electrons. The summed E-state index contributed by atoms with van der Waals surface area (Å²) >= 11 is 3.18. The van der Waals surface area contributed by atoms with Crippen LogP contribution in [-0.2, 0) is 12.0 Å². The molecule has 7 rings (SSSR count). The number of hydrogen-bond acceptors (Lipinski definition) is 7. The van der Waals surface area contributed by atoms with Crippen molar-refractivity contribution in [2.75, 3.05) is 5.32 Å². The van der Waals surface area contributed by atoms with Crippen LogP contribution in [-0.4, -0.2) is 21.1 Å². The zero-order chi connectivity index (χ0) is 21.7. The van der Waals surface area contributed by atoms with Gasteiger partial charge in [0.1, 0.15) is 17.4 Å². The van der Waals surface area contributed by atoms with Crippen LogP contribution in [0.25, 0.3) is 0 Å². The van der Waals surface area contributed by atoms with E-state index >= 15 is 0 Å². The number of benzene rings is 1. The number of aromatic nitrogens is 3. The minimum Gasteiger partial charge on any atom is -0.487 e. The van der Waals surface area contributed by atoms with Crippen LogP contribution in [0, 0.1) is 24.7 Å². The van der Waals surface area contributed by atoms with Crippen LogP contribution in [0.5, 0.6) is 5.75 Å². The molecule has 4 fully saturated rings. The van der Waals surface area contributed by atoms with E-state index in [1.807, 2.05) is 24.4 Å². The number of ether oxygens (including phenoxy) is 1. The minimum absolute atomic E-state index is 0.167. The highest BCUT2D eigenvalue weighted by atomic mass is 32.1. The maximum atomic E-state index is 12.7. The number of nitrogens with one attached hydrogen (secondary N) is 1. The first-order chi connectivity index (χ1) is 15.5. The number of hydrogen-bond donors (Lipinski definition) is 1. The van der Waals surface area contributed by atoms with Crippen LogP contribution < -0.4 is 10.1 Å². The number of thiazole rings is 1. The summed E-state index contributed by atoms with van der Waals surface area (Å²) in [7, 11) is 0. The standard InChI is InChI=1S/C24H26N4O2S2/c1-14-25-19(13-31-14)12-30-20-4-2-18(3-5-20)21(29)26-23-28-27-22(32-23)24-9-15-6-16(10-24)8-17(7-15)11-24/h2-5,13,15-17H,6-12H2,1H3,(H,26,28,29). The molecule has 4 aliphatic rings. The summed E-state index contributed by atoms with van der Waals surface area (Å²) < 4.78 is 5.77. The first-order valence-corrected chi connectivity index (χ1v) is 13.0. The van der Waals surface area contributed by atoms with Gasteiger partial charge in [-0.15, -0.1) is 21.5 Å². The molecule has 3 aromatic rings. The van der Waals surface area contributed by atoms with E-state index in [4.69, 9.17) is 4.74 Å². The van der Waals surface area contributed by atoms with Crippen LogP contribution in [0.15, 0.2) is 29.6 Å². The number of aryl methyl sites for hydroxylation is 1. The topological polar surface area (TPSA) is 77.0 Å². The summed E-state index contributed by atoms with van der Waals surface area (Å²) in [6.45, 7) is 2.40. The van der Waals surface area contributed by atoms with Gasteiger partial charge in [0.25, 0.3) is 5.91 Å². The van der Waals surface area contributed by atoms with E-state index in [1.165, 1.54) is 38.5 Å². The van der Waals surface area contributed by atoms with E-state index in [2.05, 4.69) is 20.5 Å². The normalized spacial score (nSPS) is 28.1. The molecule has 0 spiro atoms. The molecule has 1 amide bonds. The molecule has 0 saturated heterocycles. The molecule has 8 heteroatoms. The fourth-order valence-electron chi connectivity index (χ4n) is 6.36. The Hall–Kier alpha value is -2.32. The van der Waals surface area contributed by atoms with Crippen molar-refractivity contribution in [3.63, 3.8) is 0 Å². The third-order valence-corrected chi connectivity index (χ3v) is 9.21. The lowest BCUT2D eigenvalue weighted by molar-refractivity contribution is -0.00555. The summed E-state index contributed by atoms with van der Waals surface area (Å²) in [5.74, 6) is 3.14. The number of rotatable bonds is 6. The van der Waals surface area contributed by atoms with Crippen LogP contribution in [0.3, 0.4) is 0 Å². The van der Waals surface area contributed by atoms with Crippen LogP contribution >= 0.6 is 22.7 Å². The summed E-state index contributed by atoms with van der Waals surface area (Å²) in [6, 6.07) is 7.18. The van der Waals surface area contributed by atoms with Crippen molar-refractivity contribution in [3.8, 4) is 5.75 Å². The fourth-order valence-corrected chi connectivity index (χ4v) is 7.92. The van der Waals surface area contributed by atoms with Gasteiger partial charge >= 0.3 is 0 Å². The Morgan fingerprint density at radius 3 is 2.41 bits per heavy atom. The van der Waals surface area contributed by atoms with Crippen LogP contribution in [0.1, 0.15) is 64.6 Å². The molecule has 0 unspecified atom stereocenters. The van der Waals surface area contributed by atoms with E-state index in [0.29, 0.717) is 23.1 Å². The van der Waals surface area contributed by atoms with Crippen LogP contribution in [0.4, 0.5) is 5.13 Å². The van der Waals surface area contributed by atoms with E-state index < -0.39 is 0 Å². The number of carbonyl (C=O) groups is 1. The molecule has 2 heterocycles. The van der Waals surface area contributed by atoms with Crippen molar-refractivity contribution in [2.24, 2.45) is 17.8 Å². The minimum atomic E-state index is -0.167. The molecule has 32 heavy (non-hydrogen) atoms. The predicted molar refractivity (Wildman–Crippen MR) is 125 cm³/mol. The summed E-state index contributed by atoms with van der Waals surface area (Å²) in [5, 5.41) is 16.6. The molecule has 166 valence electrons. The lowest BCUT2D eigenvalue weighted by atomic mass is 9.50. The first-order valence-electron chi connectivity index (χ1n) is 11.3. The molecule has 0 aliphatic heterocycles. The van der Waals surface area contributed by atoms with Gasteiger partial charge in [-0.3, -0.25) is 10.1 Å². The van der Waals surface area contributed by atoms with Gasteiger partial charge in [-0.1, -0.05) is 11.3 Å². The second-order valence-electron chi connectivity index (χ2n) is 9.74. The number of anilines is 1. The highest BCUT2D eigenvalue weighted by Crippen LogP contribution is 2.61. The van der Waals surface area contributed by atoms with E-state index in [1.54, 1.807) is 34.8 Å². The van der Waals surface area contributed by atoms with Crippen molar-refractivity contribution in [3.05, 3.63) is 50.9 Å². The maximum absolute atomic E-state index is 12.7. The zero-order valence-electron chi connectivity index (χ0n) is 18.0. The summed E-state index contributed by atoms with van der Waals surface area (Å²) in [6.07, 6.45) is 7.98. The highest BCUT2D eigenvalue weighted by Gasteiger charge is 2.53. The van der Waals surface area contributed by atoms with E-state index in [9.17, 15) is 4.79 Å². The van der Waals surface area contributed by atoms with Gasteiger partial charge in [0.2, 0.25) is 5.13 Å². The Bertz CT molecular complexity index is 1100. The zero-order valence-corrected chi connectivity index (χ0v) is 19.7. The Kier molecular flexibility index (Phi) is 5.02. The summed E-state index contributed by atoms with van der Waals surface area (Å²) in [4.78, 5) is 17.1. The summed E-state index contributed by atoms with van der Waals surface area (Å²) in [5.41, 5.74) is 1.71. The molecule has 4 aliphatic carbocycles. The molecule has 4 saturated carbocycles. The second-order valence-corrected chi connectivity index (χ2v) is 11.8. The Morgan fingerprint density at radius 1 is 1.09 bits per heavy atom. The smallest absolute Gasteiger partial charge is 0.257 e. The molecule has 6 nitrogen and oxygen atoms in total. The first kappa shape index (κ1) is 20.3. The molecule has 1 aromatic carbocycles. The van der Waals surface area contributed by atoms with Crippen LogP contribution in [0.2, 0.25) is 0 Å². The molecule has 4 bridgehead atoms. The molecular formula is C24H26N4O2S2. The Morgan fingerprint density at radius 2 is 1.78 bits per heavy atom. The number of nitrogens with zero attached hydrogens (tertiary/aromatic N) is 3. The van der Waals surface area contributed by atoms with Gasteiger partial charge in [-0.2, -0.15) is 0 Å². The van der Waals surface area contributed by atoms with Crippen molar-refractivity contribution < 1.29 is 9.53 Å². The lowest BCUT2D eigenvalue weighted by Crippen LogP contribution is -2.48. The number of carbonyl (C=O) groups excluding carboxylic acids is 1. The lowest BCUT2D eigenvalue weighted by Gasteiger charge is -2.55. The van der Waals surface area contributed by atoms with Gasteiger partial charge in [0, 0.05) is 16.4 Å². The third kappa shape index (κ3) is 3.83. The number of amides is 1. The predicted octanol–water partition coefficient (Wildman–Crippen LogP) is 5.60. The van der Waals surface area contributed by atoms with Crippen molar-refractivity contribution in [2.45, 2.75) is 57.5 Å². The Labute approximate surface area is 195 Å². The van der Waals surface area contributed by atoms with Gasteiger partial charge < -0.3 is 4.74 Å². The molecule has 1 N–H and O–H groups in total. The highest BCUT2D eigenvalue weighted by molar-refractivity contribution is 7.15. The SMILES string of the molecule is Cc1nc(COc2ccc(C(=O)Nc3nnc(C45CC6CC(CC(C6)C4)C5)s3)cc2)cs1. The van der Waals surface area contributed by atoms with Crippen molar-refractivity contribution in [1.29, 1.82) is 0 Å². The Balaban J connectivity index is 1.09. The quantitative estimate of drug-likeness (QED) is 0.511. The van der Waals surface area contributed by atoms with Gasteiger partial charge in [-0.25, -0.2) is 4.98 Å². The third-order valence-electron chi connectivity index (χ3n) is 7.31. The average molecular weight is 467 g/mol. The average Bonchev–Trinajstić information content (AvgIpc) is 3.41. The largest absolute Gasteiger partial charge is 0.487 e. The molecule has 0 atom stereocenters. The van der Waals surface area contributed by atoms with Crippen molar-refractivity contribution in [1.82, 2.24) is 15.2 Å². The van der Waals surface area contributed by atoms with Crippen molar-refractivity contribution >= 4 is 33.7 Å². The van der Waals surface area contributed by atoms with Gasteiger partial charge in [0.15, 0.2) is 0 Å². The maximum Gasteiger partial charge on any atom is 0.257 e. The fraction of sp³-hybridized carbons (Fsp3) is 0.500. The van der Waals surface area contributed by atoms with E-state index in [0.717, 1.165) is 33.5 Å².